The average Bonchev–Trinajstić information content (AvgIpc) is 3.58. The number of carbonyl (C=O) groups is 2. The molecule has 1 N–H and O–H groups in total. The van der Waals surface area contributed by atoms with Gasteiger partial charge in [0, 0.05) is 19.5 Å². The van der Waals surface area contributed by atoms with Gasteiger partial charge in [-0.15, -0.1) is 0 Å². The zero-order chi connectivity index (χ0) is 30.6. The molecule has 1 aliphatic heterocycles. The number of likely N-dealkylation sites (tertiary alicyclic amines) is 1. The van der Waals surface area contributed by atoms with Gasteiger partial charge in [-0.2, -0.15) is 0 Å². The second-order valence-corrected chi connectivity index (χ2v) is 15.9. The first-order valence-electron chi connectivity index (χ1n) is 18.6. The summed E-state index contributed by atoms with van der Waals surface area (Å²) in [5, 5.41) is 2.79. The highest BCUT2D eigenvalue weighted by Gasteiger charge is 2.58. The number of fused-ring (bicyclic) bond motifs is 5. The van der Waals surface area contributed by atoms with E-state index in [0.717, 1.165) is 68.9 Å². The molecular formula is C38H64N2O3. The van der Waals surface area contributed by atoms with Crippen LogP contribution in [0.4, 0.5) is 4.79 Å². The number of nitrogens with zero attached hydrogens (tertiary/aromatic N) is 1. The van der Waals surface area contributed by atoms with Gasteiger partial charge in [-0.3, -0.25) is 4.79 Å². The van der Waals surface area contributed by atoms with Crippen LogP contribution in [0.3, 0.4) is 0 Å². The zero-order valence-electron chi connectivity index (χ0n) is 28.4. The molecule has 9 atom stereocenters. The Labute approximate surface area is 263 Å². The Morgan fingerprint density at radius 2 is 1.63 bits per heavy atom. The fourth-order valence-corrected chi connectivity index (χ4v) is 11.0. The van der Waals surface area contributed by atoms with Crippen molar-refractivity contribution in [3.63, 3.8) is 0 Å². The number of alkyl carbamates (subject to hydrolysis) is 1. The van der Waals surface area contributed by atoms with E-state index in [0.29, 0.717) is 17.3 Å². The molecule has 0 bridgehead atoms. The molecule has 4 unspecified atom stereocenters. The molecule has 0 spiro atoms. The minimum Gasteiger partial charge on any atom is -0.446 e. The molecule has 1 heterocycles. The van der Waals surface area contributed by atoms with Crippen molar-refractivity contribution in [2.75, 3.05) is 19.6 Å². The van der Waals surface area contributed by atoms with Crippen molar-refractivity contribution in [3.05, 3.63) is 11.6 Å². The quantitative estimate of drug-likeness (QED) is 0.180. The average molecular weight is 597 g/mol. The summed E-state index contributed by atoms with van der Waals surface area (Å²) in [4.78, 5) is 27.5. The minimum absolute atomic E-state index is 0.0222. The number of ether oxygens (including phenoxy) is 1. The molecule has 43 heavy (non-hydrogen) atoms. The Morgan fingerprint density at radius 3 is 2.35 bits per heavy atom. The molecule has 5 aliphatic rings. The number of unbranched alkanes of at least 4 members (excludes halogenated alkanes) is 5. The molecule has 5 nitrogen and oxygen atoms in total. The predicted molar refractivity (Wildman–Crippen MR) is 176 cm³/mol. The van der Waals surface area contributed by atoms with Gasteiger partial charge in [0.2, 0.25) is 5.91 Å². The van der Waals surface area contributed by atoms with Crippen molar-refractivity contribution in [3.8, 4) is 0 Å². The molecule has 5 rings (SSSR count). The summed E-state index contributed by atoms with van der Waals surface area (Å²) < 4.78 is 5.93. The summed E-state index contributed by atoms with van der Waals surface area (Å²) in [6.45, 7) is 13.6. The van der Waals surface area contributed by atoms with Gasteiger partial charge in [0.15, 0.2) is 0 Å². The highest BCUT2D eigenvalue weighted by atomic mass is 16.6. The summed E-state index contributed by atoms with van der Waals surface area (Å²) in [6, 6.07) is 0. The summed E-state index contributed by atoms with van der Waals surface area (Å²) in [5.74, 6) is 4.62. The maximum Gasteiger partial charge on any atom is 0.407 e. The third-order valence-corrected chi connectivity index (χ3v) is 13.8. The normalized spacial score (nSPS) is 38.6. The molecule has 5 heteroatoms. The number of carbonyl (C=O) groups excluding carboxylic acids is 2. The molecule has 4 aliphatic carbocycles. The van der Waals surface area contributed by atoms with Gasteiger partial charge in [0.1, 0.15) is 12.6 Å². The third kappa shape index (κ3) is 6.86. The number of hydrogen-bond donors (Lipinski definition) is 1. The van der Waals surface area contributed by atoms with E-state index in [9.17, 15) is 9.59 Å². The minimum atomic E-state index is -0.426. The summed E-state index contributed by atoms with van der Waals surface area (Å²) in [5.41, 5.74) is 2.36. The van der Waals surface area contributed by atoms with Crippen LogP contribution in [-0.4, -0.2) is 42.6 Å². The lowest BCUT2D eigenvalue weighted by atomic mass is 9.47. The summed E-state index contributed by atoms with van der Waals surface area (Å²) in [6.07, 6.45) is 24.0. The molecule has 244 valence electrons. The zero-order valence-corrected chi connectivity index (χ0v) is 28.4. The number of nitrogens with one attached hydrogen (secondary N) is 1. The third-order valence-electron chi connectivity index (χ3n) is 13.8. The molecule has 0 aromatic rings. The van der Waals surface area contributed by atoms with E-state index in [1.165, 1.54) is 77.0 Å². The topological polar surface area (TPSA) is 58.6 Å². The van der Waals surface area contributed by atoms with Crippen LogP contribution in [-0.2, 0) is 9.53 Å². The lowest BCUT2D eigenvalue weighted by molar-refractivity contribution is -0.129. The Hall–Kier alpha value is -1.52. The van der Waals surface area contributed by atoms with Crippen molar-refractivity contribution in [1.29, 1.82) is 0 Å². The molecule has 0 aromatic heterocycles. The first-order valence-corrected chi connectivity index (χ1v) is 18.6. The number of allylic oxidation sites excluding steroid dienone is 1. The Balaban J connectivity index is 1.10. The van der Waals surface area contributed by atoms with Gasteiger partial charge in [0.05, 0.1) is 0 Å². The first-order chi connectivity index (χ1) is 20.7. The lowest BCUT2D eigenvalue weighted by Gasteiger charge is -2.58. The standard InChI is InChI=1S/C38H64N2O3/c1-6-9-10-11-12-13-14-29-16-18-33-32-17-15-30-23-31(19-21-38(30,5)34(32)20-22-37(29,33)4)43-36(42)39-24-35(41)40-25-27(7-2)28(8-3)26-40/h15,27-29,31-34H,6-14,16-26H2,1-5H3,(H,39,42)/t27-,28+,29-,31?,32?,33?,34?,37+,38-/m0/s1. The highest BCUT2D eigenvalue weighted by Crippen LogP contribution is 2.66. The van der Waals surface area contributed by atoms with E-state index < -0.39 is 6.09 Å². The fraction of sp³-hybridized carbons (Fsp3) is 0.895. The van der Waals surface area contributed by atoms with E-state index >= 15 is 0 Å². The highest BCUT2D eigenvalue weighted by molar-refractivity contribution is 5.82. The van der Waals surface area contributed by atoms with Crippen LogP contribution in [0.5, 0.6) is 0 Å². The second-order valence-electron chi connectivity index (χ2n) is 15.9. The number of rotatable bonds is 12. The molecule has 0 aromatic carbocycles. The van der Waals surface area contributed by atoms with Gasteiger partial charge >= 0.3 is 6.09 Å². The van der Waals surface area contributed by atoms with Gasteiger partial charge in [-0.1, -0.05) is 97.6 Å². The van der Waals surface area contributed by atoms with Crippen LogP contribution in [0.1, 0.15) is 144 Å². The molecule has 4 fully saturated rings. The van der Waals surface area contributed by atoms with E-state index in [1.54, 1.807) is 5.57 Å². The van der Waals surface area contributed by atoms with Crippen LogP contribution in [0.15, 0.2) is 11.6 Å². The monoisotopic (exact) mass is 596 g/mol. The van der Waals surface area contributed by atoms with E-state index in [1.807, 2.05) is 4.90 Å². The van der Waals surface area contributed by atoms with Crippen molar-refractivity contribution in [2.45, 2.75) is 150 Å². The first kappa shape index (κ1) is 32.9. The van der Waals surface area contributed by atoms with Crippen molar-refractivity contribution >= 4 is 12.0 Å². The second kappa shape index (κ2) is 14.3. The van der Waals surface area contributed by atoms with Crippen LogP contribution in [0.2, 0.25) is 0 Å². The molecule has 0 radical (unpaired) electrons. The van der Waals surface area contributed by atoms with Crippen LogP contribution >= 0.6 is 0 Å². The van der Waals surface area contributed by atoms with Crippen LogP contribution < -0.4 is 5.32 Å². The van der Waals surface area contributed by atoms with E-state index in [2.05, 4.69) is 46.0 Å². The van der Waals surface area contributed by atoms with Crippen molar-refractivity contribution in [1.82, 2.24) is 10.2 Å². The fourth-order valence-electron chi connectivity index (χ4n) is 11.0. The van der Waals surface area contributed by atoms with Crippen molar-refractivity contribution in [2.24, 2.45) is 46.3 Å². The number of hydrogen-bond acceptors (Lipinski definition) is 3. The van der Waals surface area contributed by atoms with Gasteiger partial charge in [-0.25, -0.2) is 4.79 Å². The smallest absolute Gasteiger partial charge is 0.407 e. The Kier molecular flexibility index (Phi) is 10.9. The molecule has 3 saturated carbocycles. The van der Waals surface area contributed by atoms with Gasteiger partial charge in [0.25, 0.3) is 0 Å². The molecule has 1 saturated heterocycles. The van der Waals surface area contributed by atoms with Crippen LogP contribution in [0, 0.1) is 46.3 Å². The SMILES string of the molecule is CCCCCCCC[C@H]1CCC2C3CC=C4CC(OC(=O)NCC(=O)N5C[C@@H](CC)[C@@H](CC)C5)CC[C@]4(C)C3CC[C@@]21C. The van der Waals surface area contributed by atoms with Gasteiger partial charge in [-0.05, 0) is 97.7 Å². The summed E-state index contributed by atoms with van der Waals surface area (Å²) >= 11 is 0. The molecule has 2 amide bonds. The van der Waals surface area contributed by atoms with Crippen molar-refractivity contribution < 1.29 is 14.3 Å². The van der Waals surface area contributed by atoms with Gasteiger partial charge < -0.3 is 15.0 Å². The number of amides is 2. The maximum atomic E-state index is 12.8. The van der Waals surface area contributed by atoms with E-state index in [-0.39, 0.29) is 24.0 Å². The van der Waals surface area contributed by atoms with Crippen LogP contribution in [0.25, 0.3) is 0 Å². The molecular weight excluding hydrogens is 532 g/mol. The van der Waals surface area contributed by atoms with E-state index in [4.69, 9.17) is 4.74 Å². The lowest BCUT2D eigenvalue weighted by Crippen LogP contribution is -2.50. The maximum absolute atomic E-state index is 12.8. The largest absolute Gasteiger partial charge is 0.446 e. The predicted octanol–water partition coefficient (Wildman–Crippen LogP) is 9.31. The Bertz CT molecular complexity index is 982. The Morgan fingerprint density at radius 1 is 0.907 bits per heavy atom. The summed E-state index contributed by atoms with van der Waals surface area (Å²) in [7, 11) is 0.